The molecule has 0 aromatic rings. The van der Waals surface area contributed by atoms with Crippen molar-refractivity contribution in [1.29, 1.82) is 0 Å². The van der Waals surface area contributed by atoms with Gasteiger partial charge < -0.3 is 35.6 Å². The number of allylic oxidation sites excluding steroid dienone is 6. The smallest absolute Gasteiger partial charge is 0.377 e. The summed E-state index contributed by atoms with van der Waals surface area (Å²) in [5.41, 5.74) is 1.39. The Kier molecular flexibility index (Phi) is 18.8. The molecular formula is C24H48O3PtSi3. The zero-order valence-electron chi connectivity index (χ0n) is 22.2. The minimum absolute atomic E-state index is 0. The molecule has 0 fully saturated rings. The molecule has 184 valence electrons. The molecule has 1 aliphatic rings. The van der Waals surface area contributed by atoms with Crippen molar-refractivity contribution in [3.63, 3.8) is 0 Å². The predicted molar refractivity (Wildman–Crippen MR) is 143 cm³/mol. The second-order valence-electron chi connectivity index (χ2n) is 8.91. The van der Waals surface area contributed by atoms with Crippen LogP contribution in [0.15, 0.2) is 41.3 Å². The van der Waals surface area contributed by atoms with Crippen molar-refractivity contribution >= 4 is 25.0 Å². The van der Waals surface area contributed by atoms with Crippen molar-refractivity contribution in [2.45, 2.75) is 57.7 Å². The van der Waals surface area contributed by atoms with Crippen molar-refractivity contribution < 1.29 is 34.3 Å². The normalized spacial score (nSPS) is 16.5. The first kappa shape index (κ1) is 38.4. The molecule has 1 rings (SSSR count). The molecule has 1 unspecified atom stereocenters. The van der Waals surface area contributed by atoms with Crippen LogP contribution in [-0.2, 0) is 34.3 Å². The molecule has 7 heteroatoms. The van der Waals surface area contributed by atoms with Gasteiger partial charge in [-0.3, -0.25) is 6.08 Å². The fourth-order valence-electron chi connectivity index (χ4n) is 4.28. The van der Waals surface area contributed by atoms with Gasteiger partial charge in [0.05, 0.1) is 0 Å². The van der Waals surface area contributed by atoms with Gasteiger partial charge in [-0.05, 0) is 25.6 Å². The Morgan fingerprint density at radius 3 is 1.58 bits per heavy atom. The van der Waals surface area contributed by atoms with Crippen LogP contribution in [0.5, 0.6) is 0 Å². The predicted octanol–water partition coefficient (Wildman–Crippen LogP) is 7.15. The number of hydrogen-bond donors (Lipinski definition) is 0. The summed E-state index contributed by atoms with van der Waals surface area (Å²) in [6.45, 7) is 22.3. The molecule has 0 amide bonds. The maximum Gasteiger partial charge on any atom is 4.00 e. The molecule has 0 N–H and O–H groups in total. The topological polar surface area (TPSA) is 27.7 Å². The van der Waals surface area contributed by atoms with Crippen LogP contribution in [-0.4, -0.2) is 46.3 Å². The van der Waals surface area contributed by atoms with Gasteiger partial charge in [-0.25, -0.2) is 5.20 Å². The summed E-state index contributed by atoms with van der Waals surface area (Å²) in [6.07, 6.45) is 8.05. The summed E-state index contributed by atoms with van der Waals surface area (Å²) in [5, 5.41) is 3.00. The van der Waals surface area contributed by atoms with Crippen LogP contribution in [0.1, 0.15) is 13.8 Å². The second kappa shape index (κ2) is 15.2. The summed E-state index contributed by atoms with van der Waals surface area (Å²) in [7, 11) is -1.26. The van der Waals surface area contributed by atoms with Gasteiger partial charge in [-0.1, -0.05) is 58.2 Å². The summed E-state index contributed by atoms with van der Waals surface area (Å²) >= 11 is 0. The molecule has 3 nitrogen and oxygen atoms in total. The van der Waals surface area contributed by atoms with Crippen molar-refractivity contribution in [3.8, 4) is 0 Å². The van der Waals surface area contributed by atoms with Crippen LogP contribution in [0, 0.1) is 34.3 Å². The van der Waals surface area contributed by atoms with Gasteiger partial charge in [0.1, 0.15) is 0 Å². The first-order valence-electron chi connectivity index (χ1n) is 9.74. The Bertz CT molecular complexity index is 613. The Hall–Kier alpha value is 0.179. The van der Waals surface area contributed by atoms with Crippen molar-refractivity contribution in [2.75, 3.05) is 21.3 Å². The average molecular weight is 664 g/mol. The fraction of sp³-hybridized carbons (Fsp3) is 0.542. The Morgan fingerprint density at radius 1 is 0.871 bits per heavy atom. The van der Waals surface area contributed by atoms with Gasteiger partial charge >= 0.3 is 29.9 Å². The van der Waals surface area contributed by atoms with E-state index in [-0.39, 0.29) is 48.9 Å². The quantitative estimate of drug-likeness (QED) is 0.134. The van der Waals surface area contributed by atoms with E-state index in [9.17, 15) is 0 Å². The Morgan fingerprint density at radius 2 is 1.26 bits per heavy atom. The van der Waals surface area contributed by atoms with E-state index in [1.165, 1.54) is 10.8 Å². The van der Waals surface area contributed by atoms with E-state index in [1.54, 1.807) is 26.5 Å². The molecule has 1 atom stereocenters. The van der Waals surface area contributed by atoms with E-state index in [4.69, 9.17) is 13.3 Å². The minimum atomic E-state index is -2.89. The SMILES string of the molecule is C=CC[Si](C)(C)C1=[C-]C([Si](OC)(OC)OC)C(C(C)C)=C1[Si](C)(C)CC=C.[CH3-].[CH3-].[CH3-].[Pt+4]. The monoisotopic (exact) mass is 663 g/mol. The molecule has 0 saturated heterocycles. The minimum Gasteiger partial charge on any atom is -0.377 e. The van der Waals surface area contributed by atoms with E-state index < -0.39 is 25.0 Å². The maximum absolute atomic E-state index is 5.92. The molecule has 31 heavy (non-hydrogen) atoms. The van der Waals surface area contributed by atoms with Crippen LogP contribution < -0.4 is 0 Å². The zero-order chi connectivity index (χ0) is 21.0. The first-order valence-corrected chi connectivity index (χ1v) is 18.0. The molecule has 0 aromatic carbocycles. The fourth-order valence-corrected chi connectivity index (χ4v) is 14.2. The van der Waals surface area contributed by atoms with E-state index in [1.807, 2.05) is 0 Å². The van der Waals surface area contributed by atoms with E-state index >= 15 is 0 Å². The van der Waals surface area contributed by atoms with Gasteiger partial charge in [-0.2, -0.15) is 10.8 Å². The molecule has 1 aliphatic carbocycles. The van der Waals surface area contributed by atoms with Crippen LogP contribution in [0.4, 0.5) is 0 Å². The number of rotatable bonds is 11. The van der Waals surface area contributed by atoms with Gasteiger partial charge in [0, 0.05) is 29.4 Å². The van der Waals surface area contributed by atoms with Crippen LogP contribution in [0.2, 0.25) is 43.8 Å². The summed E-state index contributed by atoms with van der Waals surface area (Å²) < 4.78 is 17.8. The average Bonchev–Trinajstić information content (AvgIpc) is 3.00. The molecule has 0 bridgehead atoms. The van der Waals surface area contributed by atoms with Crippen molar-refractivity contribution in [1.82, 2.24) is 0 Å². The van der Waals surface area contributed by atoms with Crippen LogP contribution in [0.3, 0.4) is 0 Å². The van der Waals surface area contributed by atoms with Gasteiger partial charge in [-0.15, -0.1) is 13.2 Å². The third-order valence-corrected chi connectivity index (χ3v) is 15.0. The summed E-state index contributed by atoms with van der Waals surface area (Å²) in [6, 6.07) is 2.09. The standard InChI is InChI=1S/C21H39O3Si3.3CH3.Pt/c1-12-14-25(8,9)19-16-18(27(22-5,23-6)24-7)20(17(3)4)21(19)26(10,11)15-13-2;;;;/h12-13,17-18H,1-2,14-15H2,3-11H3;3*1H3;/q4*-1;+4. The van der Waals surface area contributed by atoms with E-state index in [0.717, 1.165) is 12.1 Å². The molecule has 0 saturated carbocycles. The molecule has 0 aliphatic heterocycles. The Balaban J connectivity index is -0.000000911. The third-order valence-electron chi connectivity index (χ3n) is 5.63. The Labute approximate surface area is 213 Å². The molecule has 0 aromatic heterocycles. The van der Waals surface area contributed by atoms with Crippen LogP contribution >= 0.6 is 0 Å². The zero-order valence-corrected chi connectivity index (χ0v) is 27.5. The van der Waals surface area contributed by atoms with E-state index in [2.05, 4.69) is 71.4 Å². The molecule has 0 radical (unpaired) electrons. The van der Waals surface area contributed by atoms with Gasteiger partial charge in [0.25, 0.3) is 0 Å². The van der Waals surface area contributed by atoms with Gasteiger partial charge in [0.2, 0.25) is 0 Å². The molecular weight excluding hydrogens is 616 g/mol. The number of hydrogen-bond acceptors (Lipinski definition) is 3. The summed E-state index contributed by atoms with van der Waals surface area (Å²) in [5.74, 6) is 0.382. The van der Waals surface area contributed by atoms with Crippen LogP contribution in [0.25, 0.3) is 0 Å². The van der Waals surface area contributed by atoms with E-state index in [0.29, 0.717) is 5.92 Å². The maximum atomic E-state index is 5.92. The van der Waals surface area contributed by atoms with Crippen molar-refractivity contribution in [2.24, 2.45) is 5.92 Å². The van der Waals surface area contributed by atoms with Gasteiger partial charge in [0.15, 0.2) is 0 Å². The second-order valence-corrected chi connectivity index (χ2v) is 21.3. The molecule has 0 heterocycles. The summed E-state index contributed by atoms with van der Waals surface area (Å²) in [4.78, 5) is 0. The molecule has 0 spiro atoms. The largest absolute Gasteiger partial charge is 4.00 e. The third kappa shape index (κ3) is 7.87. The first-order chi connectivity index (χ1) is 12.5. The van der Waals surface area contributed by atoms with Crippen molar-refractivity contribution in [3.05, 3.63) is 69.6 Å².